The van der Waals surface area contributed by atoms with E-state index in [1.807, 2.05) is 36.9 Å². The third-order valence-electron chi connectivity index (χ3n) is 4.74. The van der Waals surface area contributed by atoms with Gasteiger partial charge in [0.15, 0.2) is 0 Å². The maximum absolute atomic E-state index is 12.9. The van der Waals surface area contributed by atoms with Gasteiger partial charge in [0.05, 0.1) is 5.56 Å². The fourth-order valence-electron chi connectivity index (χ4n) is 3.35. The van der Waals surface area contributed by atoms with E-state index in [0.717, 1.165) is 25.5 Å². The van der Waals surface area contributed by atoms with Crippen LogP contribution in [0.15, 0.2) is 48.7 Å². The first kappa shape index (κ1) is 17.4. The van der Waals surface area contributed by atoms with Crippen molar-refractivity contribution in [3.8, 4) is 0 Å². The Morgan fingerprint density at radius 1 is 1.20 bits per heavy atom. The summed E-state index contributed by atoms with van der Waals surface area (Å²) in [6.45, 7) is 7.95. The highest BCUT2D eigenvalue weighted by Crippen LogP contribution is 2.24. The minimum absolute atomic E-state index is 0.0582. The van der Waals surface area contributed by atoms with Gasteiger partial charge in [0.1, 0.15) is 5.82 Å². The van der Waals surface area contributed by atoms with Gasteiger partial charge in [-0.2, -0.15) is 0 Å². The lowest BCUT2D eigenvalue weighted by Crippen LogP contribution is -2.47. The van der Waals surface area contributed by atoms with E-state index in [4.69, 9.17) is 0 Å². The number of aromatic nitrogens is 1. The molecule has 3 rings (SSSR count). The Bertz CT molecular complexity index is 700. The molecule has 0 unspecified atom stereocenters. The highest BCUT2D eigenvalue weighted by atomic mass is 16.2. The topological polar surface area (TPSA) is 48.5 Å². The van der Waals surface area contributed by atoms with Crippen molar-refractivity contribution in [2.45, 2.75) is 19.9 Å². The van der Waals surface area contributed by atoms with Gasteiger partial charge >= 0.3 is 0 Å². The molecule has 1 saturated heterocycles. The number of carbonyl (C=O) groups is 1. The van der Waals surface area contributed by atoms with Crippen molar-refractivity contribution in [1.82, 2.24) is 15.2 Å². The molecule has 0 bridgehead atoms. The first-order valence-electron chi connectivity index (χ1n) is 9.02. The Hall–Kier alpha value is -2.40. The van der Waals surface area contributed by atoms with Gasteiger partial charge in [0.2, 0.25) is 0 Å². The van der Waals surface area contributed by atoms with Crippen LogP contribution >= 0.6 is 0 Å². The van der Waals surface area contributed by atoms with E-state index < -0.39 is 0 Å². The minimum atomic E-state index is 0.0582. The predicted molar refractivity (Wildman–Crippen MR) is 101 cm³/mol. The van der Waals surface area contributed by atoms with E-state index in [1.165, 1.54) is 5.56 Å². The van der Waals surface area contributed by atoms with Crippen molar-refractivity contribution in [2.24, 2.45) is 0 Å². The number of rotatable bonds is 5. The van der Waals surface area contributed by atoms with Crippen LogP contribution in [0, 0.1) is 0 Å². The summed E-state index contributed by atoms with van der Waals surface area (Å²) in [5, 5.41) is 3.56. The Kier molecular flexibility index (Phi) is 5.66. The van der Waals surface area contributed by atoms with Crippen LogP contribution in [-0.4, -0.2) is 48.5 Å². The Labute approximate surface area is 149 Å². The first-order chi connectivity index (χ1) is 12.2. The predicted octanol–water partition coefficient (Wildman–Crippen LogP) is 2.71. The zero-order chi connectivity index (χ0) is 17.6. The summed E-state index contributed by atoms with van der Waals surface area (Å²) in [7, 11) is 0. The summed E-state index contributed by atoms with van der Waals surface area (Å²) in [4.78, 5) is 21.5. The van der Waals surface area contributed by atoms with Crippen LogP contribution in [0.4, 0.5) is 5.82 Å². The number of hydrogen-bond acceptors (Lipinski definition) is 4. The highest BCUT2D eigenvalue weighted by Gasteiger charge is 2.26. The van der Waals surface area contributed by atoms with Crippen LogP contribution in [0.1, 0.15) is 35.8 Å². The molecule has 1 amide bonds. The fourth-order valence-corrected chi connectivity index (χ4v) is 3.35. The summed E-state index contributed by atoms with van der Waals surface area (Å²) in [5.41, 5.74) is 1.96. The minimum Gasteiger partial charge on any atom is -0.353 e. The number of nitrogens with one attached hydrogen (secondary N) is 1. The van der Waals surface area contributed by atoms with Crippen molar-refractivity contribution in [1.29, 1.82) is 0 Å². The molecular formula is C20H26N4O. The lowest BCUT2D eigenvalue weighted by molar-refractivity contribution is 0.0773. The molecule has 1 aliphatic rings. The number of benzene rings is 1. The summed E-state index contributed by atoms with van der Waals surface area (Å²) < 4.78 is 0. The molecule has 1 fully saturated rings. The van der Waals surface area contributed by atoms with Gasteiger partial charge < -0.3 is 15.1 Å². The second-order valence-electron chi connectivity index (χ2n) is 6.22. The van der Waals surface area contributed by atoms with Gasteiger partial charge in [-0.25, -0.2) is 4.98 Å². The molecule has 2 aromatic rings. The maximum Gasteiger partial charge on any atom is 0.257 e. The second-order valence-corrected chi connectivity index (χ2v) is 6.22. The standard InChI is InChI=1S/C20H26N4O/c1-3-23(4-2)20(25)17-11-8-12-22-19(17)24-14-13-21-18(15-24)16-9-6-5-7-10-16/h5-12,18,21H,3-4,13-15H2,1-2H3/t18-/m0/s1. The molecule has 0 spiro atoms. The SMILES string of the molecule is CCN(CC)C(=O)c1cccnc1N1CCN[C@H](c2ccccc2)C1. The van der Waals surface area contributed by atoms with E-state index in [9.17, 15) is 4.79 Å². The molecule has 132 valence electrons. The van der Waals surface area contributed by atoms with E-state index in [1.54, 1.807) is 6.20 Å². The van der Waals surface area contributed by atoms with E-state index in [-0.39, 0.29) is 11.9 Å². The molecule has 5 nitrogen and oxygen atoms in total. The molecule has 1 aliphatic heterocycles. The van der Waals surface area contributed by atoms with Gasteiger partial charge in [-0.05, 0) is 31.5 Å². The molecule has 2 heterocycles. The van der Waals surface area contributed by atoms with Crippen molar-refractivity contribution < 1.29 is 4.79 Å². The Morgan fingerprint density at radius 3 is 2.68 bits per heavy atom. The third-order valence-corrected chi connectivity index (χ3v) is 4.74. The van der Waals surface area contributed by atoms with Crippen molar-refractivity contribution in [3.63, 3.8) is 0 Å². The second kappa shape index (κ2) is 8.12. The number of nitrogens with zero attached hydrogens (tertiary/aromatic N) is 3. The maximum atomic E-state index is 12.9. The van der Waals surface area contributed by atoms with E-state index in [2.05, 4.69) is 39.5 Å². The number of amides is 1. The van der Waals surface area contributed by atoms with Gasteiger partial charge in [0, 0.05) is 45.0 Å². The van der Waals surface area contributed by atoms with Gasteiger partial charge in [-0.1, -0.05) is 30.3 Å². The van der Waals surface area contributed by atoms with Crippen LogP contribution in [-0.2, 0) is 0 Å². The number of carbonyl (C=O) groups excluding carboxylic acids is 1. The monoisotopic (exact) mass is 338 g/mol. The average molecular weight is 338 g/mol. The number of pyridine rings is 1. The van der Waals surface area contributed by atoms with Crippen LogP contribution in [0.25, 0.3) is 0 Å². The lowest BCUT2D eigenvalue weighted by Gasteiger charge is -2.36. The zero-order valence-corrected chi connectivity index (χ0v) is 15.0. The quantitative estimate of drug-likeness (QED) is 0.911. The summed E-state index contributed by atoms with van der Waals surface area (Å²) in [6.07, 6.45) is 1.77. The Morgan fingerprint density at radius 2 is 1.96 bits per heavy atom. The molecule has 1 aromatic heterocycles. The zero-order valence-electron chi connectivity index (χ0n) is 15.0. The van der Waals surface area contributed by atoms with Gasteiger partial charge in [-0.3, -0.25) is 4.79 Å². The average Bonchev–Trinajstić information content (AvgIpc) is 2.69. The van der Waals surface area contributed by atoms with Crippen LogP contribution in [0.3, 0.4) is 0 Å². The molecule has 5 heteroatoms. The molecule has 0 radical (unpaired) electrons. The summed E-state index contributed by atoms with van der Waals surface area (Å²) >= 11 is 0. The molecule has 1 N–H and O–H groups in total. The van der Waals surface area contributed by atoms with Crippen LogP contribution in [0.2, 0.25) is 0 Å². The molecule has 0 saturated carbocycles. The van der Waals surface area contributed by atoms with Crippen molar-refractivity contribution in [3.05, 3.63) is 59.8 Å². The molecular weight excluding hydrogens is 312 g/mol. The molecule has 0 aliphatic carbocycles. The van der Waals surface area contributed by atoms with Crippen molar-refractivity contribution in [2.75, 3.05) is 37.6 Å². The number of piperazine rings is 1. The number of hydrogen-bond donors (Lipinski definition) is 1. The molecule has 1 aromatic carbocycles. The number of anilines is 1. The molecule has 1 atom stereocenters. The van der Waals surface area contributed by atoms with Gasteiger partial charge in [-0.15, -0.1) is 0 Å². The molecule has 25 heavy (non-hydrogen) atoms. The first-order valence-corrected chi connectivity index (χ1v) is 9.02. The lowest BCUT2D eigenvalue weighted by atomic mass is 10.0. The van der Waals surface area contributed by atoms with E-state index >= 15 is 0 Å². The smallest absolute Gasteiger partial charge is 0.257 e. The van der Waals surface area contributed by atoms with Crippen molar-refractivity contribution >= 4 is 11.7 Å². The Balaban J connectivity index is 1.85. The van der Waals surface area contributed by atoms with Crippen LogP contribution < -0.4 is 10.2 Å². The summed E-state index contributed by atoms with van der Waals surface area (Å²) in [6, 6.07) is 14.4. The van der Waals surface area contributed by atoms with E-state index in [0.29, 0.717) is 18.7 Å². The van der Waals surface area contributed by atoms with Crippen LogP contribution in [0.5, 0.6) is 0 Å². The largest absolute Gasteiger partial charge is 0.353 e. The fraction of sp³-hybridized carbons (Fsp3) is 0.400. The third kappa shape index (κ3) is 3.82. The van der Waals surface area contributed by atoms with Gasteiger partial charge in [0.25, 0.3) is 5.91 Å². The normalized spacial score (nSPS) is 17.4. The highest BCUT2D eigenvalue weighted by molar-refractivity contribution is 5.98. The summed E-state index contributed by atoms with van der Waals surface area (Å²) in [5.74, 6) is 0.852.